The zero-order valence-electron chi connectivity index (χ0n) is 29.6. The molecule has 0 radical (unpaired) electrons. The summed E-state index contributed by atoms with van der Waals surface area (Å²) in [5, 5.41) is 19.3. The lowest BCUT2D eigenvalue weighted by Gasteiger charge is -2.44. The molecule has 0 aliphatic rings. The third-order valence-corrected chi connectivity index (χ3v) is 14.9. The van der Waals surface area contributed by atoms with Crippen molar-refractivity contribution in [3.63, 3.8) is 0 Å². The Kier molecular flexibility index (Phi) is 15.4. The van der Waals surface area contributed by atoms with E-state index in [2.05, 4.69) is 0 Å². The second-order valence-electron chi connectivity index (χ2n) is 13.3. The number of aliphatic hydroxyl groups excluding tert-OH is 1. The molecular formula is C31H38F17NO5Si. The summed E-state index contributed by atoms with van der Waals surface area (Å²) in [6.45, 7) is 7.44. The van der Waals surface area contributed by atoms with Gasteiger partial charge < -0.3 is 14.3 Å². The molecule has 0 fully saturated rings. The van der Waals surface area contributed by atoms with Crippen LogP contribution in [0.5, 0.6) is 5.75 Å². The molecule has 1 amide bonds. The molecule has 0 aromatic heterocycles. The normalized spacial score (nSPS) is 16.1. The molecule has 0 heterocycles. The van der Waals surface area contributed by atoms with Gasteiger partial charge in [-0.1, -0.05) is 52.3 Å². The number of hydrogen-bond acceptors (Lipinski definition) is 5. The Morgan fingerprint density at radius 3 is 1.53 bits per heavy atom. The number of aliphatic hydroxyl groups is 1. The number of alkyl halides is 17. The summed E-state index contributed by atoms with van der Waals surface area (Å²) in [7, 11) is -3.96. The van der Waals surface area contributed by atoms with Gasteiger partial charge in [0.1, 0.15) is 12.4 Å². The summed E-state index contributed by atoms with van der Waals surface area (Å²) >= 11 is 0. The summed E-state index contributed by atoms with van der Waals surface area (Å²) in [5.74, 6) is -58.0. The van der Waals surface area contributed by atoms with Crippen LogP contribution in [0.2, 0.25) is 17.1 Å². The Morgan fingerprint density at radius 2 is 1.13 bits per heavy atom. The van der Waals surface area contributed by atoms with Gasteiger partial charge in [-0.25, -0.2) is 5.48 Å². The molecule has 2 atom stereocenters. The Bertz CT molecular complexity index is 1460. The van der Waals surface area contributed by atoms with E-state index in [0.717, 1.165) is 6.08 Å². The molecule has 320 valence electrons. The van der Waals surface area contributed by atoms with Gasteiger partial charge in [-0.3, -0.25) is 10.0 Å². The molecule has 1 aromatic carbocycles. The topological polar surface area (TPSA) is 88.0 Å². The fraction of sp³-hybridized carbons (Fsp3) is 0.710. The maximum Gasteiger partial charge on any atom is 0.460 e. The number of nitrogens with one attached hydrogen (secondary N) is 1. The molecule has 0 unspecified atom stereocenters. The second-order valence-corrected chi connectivity index (χ2v) is 18.3. The van der Waals surface area contributed by atoms with Crippen molar-refractivity contribution in [2.24, 2.45) is 5.92 Å². The van der Waals surface area contributed by atoms with E-state index in [1.165, 1.54) is 64.4 Å². The van der Waals surface area contributed by atoms with Crippen LogP contribution < -0.4 is 10.2 Å². The van der Waals surface area contributed by atoms with Gasteiger partial charge in [0.2, 0.25) is 0 Å². The Labute approximate surface area is 304 Å². The highest BCUT2D eigenvalue weighted by Crippen LogP contribution is 2.64. The van der Waals surface area contributed by atoms with Crippen molar-refractivity contribution < 1.29 is 98.9 Å². The van der Waals surface area contributed by atoms with Gasteiger partial charge in [-0.05, 0) is 41.7 Å². The number of ether oxygens (including phenoxy) is 1. The number of carbonyl (C=O) groups is 1. The van der Waals surface area contributed by atoms with Crippen LogP contribution >= 0.6 is 0 Å². The highest BCUT2D eigenvalue weighted by Gasteiger charge is 2.95. The van der Waals surface area contributed by atoms with Gasteiger partial charge in [0.05, 0.1) is 12.7 Å². The molecule has 6 nitrogen and oxygen atoms in total. The molecule has 0 spiro atoms. The summed E-state index contributed by atoms with van der Waals surface area (Å²) in [5.41, 5.74) is 0.409. The van der Waals surface area contributed by atoms with Crippen molar-refractivity contribution in [2.75, 3.05) is 13.2 Å². The van der Waals surface area contributed by atoms with Gasteiger partial charge in [0.25, 0.3) is 5.91 Å². The lowest BCUT2D eigenvalue weighted by molar-refractivity contribution is -0.461. The van der Waals surface area contributed by atoms with E-state index in [4.69, 9.17) is 14.4 Å². The molecule has 0 aliphatic carbocycles. The van der Waals surface area contributed by atoms with E-state index >= 15 is 0 Å². The van der Waals surface area contributed by atoms with Crippen molar-refractivity contribution in [3.8, 4) is 5.75 Å². The van der Waals surface area contributed by atoms with E-state index < -0.39 is 111 Å². The van der Waals surface area contributed by atoms with Gasteiger partial charge in [-0.2, -0.15) is 74.6 Å². The largest absolute Gasteiger partial charge is 0.491 e. The maximum absolute atomic E-state index is 14.8. The van der Waals surface area contributed by atoms with Crippen molar-refractivity contribution >= 4 is 14.2 Å². The third kappa shape index (κ3) is 9.31. The maximum atomic E-state index is 14.8. The number of carbonyl (C=O) groups excluding carboxylic acids is 1. The zero-order chi connectivity index (χ0) is 43.6. The Hall–Kier alpha value is -2.86. The first kappa shape index (κ1) is 50.2. The molecular weight excluding hydrogens is 817 g/mol. The van der Waals surface area contributed by atoms with Crippen LogP contribution in [-0.2, 0) is 9.22 Å². The minimum absolute atomic E-state index is 0.130. The first-order valence-corrected chi connectivity index (χ1v) is 18.1. The minimum Gasteiger partial charge on any atom is -0.491 e. The first-order valence-electron chi connectivity index (χ1n) is 15.9. The molecule has 1 aromatic rings. The standard InChI is InChI=1S/C31H38F17NO5Si/c1-16(2)55(17(3)4,54-13-12-53-21-9-7-20(8-10-21)23(51)19(6)18(5)15-22(50)49-52)14-11-24(32,33)25(34,35)26(36,37)27(38,39)28(40,41)29(42,43)30(44,45)31(46,47)48/h7-10,15-17,19,23,51-52H,11-14H2,1-6H3,(H,49,50)/b18-15+/t19-,23-/m1/s1. The van der Waals surface area contributed by atoms with Gasteiger partial charge in [-0.15, -0.1) is 0 Å². The number of halogens is 17. The molecule has 0 bridgehead atoms. The highest BCUT2D eigenvalue weighted by atomic mass is 28.4. The average Bonchev–Trinajstić information content (AvgIpc) is 3.05. The fourth-order valence-corrected chi connectivity index (χ4v) is 9.88. The highest BCUT2D eigenvalue weighted by molar-refractivity contribution is 6.76. The number of hydrogen-bond donors (Lipinski definition) is 3. The van der Waals surface area contributed by atoms with Crippen LogP contribution in [0.25, 0.3) is 0 Å². The Morgan fingerprint density at radius 1 is 0.709 bits per heavy atom. The number of hydroxylamine groups is 1. The summed E-state index contributed by atoms with van der Waals surface area (Å²) < 4.78 is 245. The van der Waals surface area contributed by atoms with Gasteiger partial charge in [0, 0.05) is 18.4 Å². The summed E-state index contributed by atoms with van der Waals surface area (Å²) in [4.78, 5) is 11.3. The van der Waals surface area contributed by atoms with Crippen molar-refractivity contribution in [1.82, 2.24) is 5.48 Å². The predicted molar refractivity (Wildman–Crippen MR) is 162 cm³/mol. The van der Waals surface area contributed by atoms with Crippen LogP contribution in [0.1, 0.15) is 59.6 Å². The quantitative estimate of drug-likeness (QED) is 0.0304. The number of benzene rings is 1. The van der Waals surface area contributed by atoms with Crippen LogP contribution in [0.3, 0.4) is 0 Å². The van der Waals surface area contributed by atoms with Crippen molar-refractivity contribution in [3.05, 3.63) is 41.5 Å². The molecule has 55 heavy (non-hydrogen) atoms. The van der Waals surface area contributed by atoms with Crippen molar-refractivity contribution in [1.29, 1.82) is 0 Å². The smallest absolute Gasteiger partial charge is 0.460 e. The van der Waals surface area contributed by atoms with E-state index in [9.17, 15) is 84.5 Å². The zero-order valence-corrected chi connectivity index (χ0v) is 30.6. The van der Waals surface area contributed by atoms with Crippen LogP contribution in [0.4, 0.5) is 74.6 Å². The fourth-order valence-electron chi connectivity index (χ4n) is 5.42. The minimum atomic E-state index is -8.69. The second kappa shape index (κ2) is 16.9. The van der Waals surface area contributed by atoms with E-state index in [1.54, 1.807) is 6.92 Å². The lowest BCUT2D eigenvalue weighted by Crippen LogP contribution is -2.74. The van der Waals surface area contributed by atoms with Crippen LogP contribution in [0.15, 0.2) is 35.9 Å². The molecule has 1 rings (SSSR count). The summed E-state index contributed by atoms with van der Waals surface area (Å²) in [6.07, 6.45) is -10.5. The molecule has 0 saturated carbocycles. The van der Waals surface area contributed by atoms with Gasteiger partial charge in [0.15, 0.2) is 8.32 Å². The molecule has 0 aliphatic heterocycles. The number of amides is 1. The SMILES string of the molecule is C/C(=C\C(=O)NO)[C@@H](C)[C@@H](O)c1ccc(OCCO[Si](CCC(F)(F)C(F)(F)C(F)(F)C(F)(F)C(F)(F)C(F)(F)C(F)(F)C(F)(F)F)(C(C)C)C(C)C)cc1. The monoisotopic (exact) mass is 855 g/mol. The predicted octanol–water partition coefficient (Wildman–Crippen LogP) is 10.4. The molecule has 3 N–H and O–H groups in total. The van der Waals surface area contributed by atoms with Crippen molar-refractivity contribution in [2.45, 2.75) is 119 Å². The Balaban J connectivity index is 3.25. The first-order chi connectivity index (χ1) is 24.5. The van der Waals surface area contributed by atoms with Crippen LogP contribution in [-0.4, -0.2) is 85.4 Å². The lowest BCUT2D eigenvalue weighted by atomic mass is 9.88. The van der Waals surface area contributed by atoms with Crippen LogP contribution in [0, 0.1) is 5.92 Å². The molecule has 24 heteroatoms. The number of rotatable bonds is 20. The van der Waals surface area contributed by atoms with E-state index in [1.807, 2.05) is 0 Å². The van der Waals surface area contributed by atoms with Gasteiger partial charge >= 0.3 is 47.6 Å². The molecule has 0 saturated heterocycles. The van der Waals surface area contributed by atoms with E-state index in [0.29, 0.717) is 11.1 Å². The van der Waals surface area contributed by atoms with E-state index in [-0.39, 0.29) is 5.75 Å². The third-order valence-electron chi connectivity index (χ3n) is 9.18. The summed E-state index contributed by atoms with van der Waals surface area (Å²) in [6, 6.07) is 4.24. The average molecular weight is 856 g/mol.